The van der Waals surface area contributed by atoms with Crippen LogP contribution in [-0.4, -0.2) is 12.6 Å². The summed E-state index contributed by atoms with van der Waals surface area (Å²) in [5.74, 6) is 0. The summed E-state index contributed by atoms with van der Waals surface area (Å²) < 4.78 is 0. The van der Waals surface area contributed by atoms with E-state index in [2.05, 4.69) is 36.5 Å². The van der Waals surface area contributed by atoms with E-state index in [-0.39, 0.29) is 0 Å². The van der Waals surface area contributed by atoms with E-state index in [1.54, 1.807) is 0 Å². The van der Waals surface area contributed by atoms with E-state index in [1.165, 1.54) is 49.8 Å². The third-order valence-corrected chi connectivity index (χ3v) is 3.02. The summed E-state index contributed by atoms with van der Waals surface area (Å²) in [7, 11) is 0. The van der Waals surface area contributed by atoms with Crippen LogP contribution in [0.2, 0.25) is 0 Å². The maximum absolute atomic E-state index is 3.55. The van der Waals surface area contributed by atoms with E-state index >= 15 is 0 Å². The van der Waals surface area contributed by atoms with Crippen LogP contribution < -0.4 is 5.32 Å². The number of unbranched alkanes of at least 4 members (excludes halogenated alkanes) is 1. The summed E-state index contributed by atoms with van der Waals surface area (Å²) in [5, 5.41) is 3.55. The number of aryl methyl sites for hydroxylation is 2. The first-order valence-corrected chi connectivity index (χ1v) is 6.13. The lowest BCUT2D eigenvalue weighted by Crippen LogP contribution is -2.17. The van der Waals surface area contributed by atoms with E-state index in [0.29, 0.717) is 0 Å². The summed E-state index contributed by atoms with van der Waals surface area (Å²) in [6, 6.07) is 9.78. The predicted octanol–water partition coefficient (Wildman–Crippen LogP) is 3.07. The van der Waals surface area contributed by atoms with Crippen LogP contribution in [0.15, 0.2) is 24.3 Å². The molecule has 1 saturated carbocycles. The van der Waals surface area contributed by atoms with Crippen molar-refractivity contribution >= 4 is 0 Å². The highest BCUT2D eigenvalue weighted by atomic mass is 14.9. The molecule has 82 valence electrons. The van der Waals surface area contributed by atoms with E-state index in [4.69, 9.17) is 0 Å². The van der Waals surface area contributed by atoms with Gasteiger partial charge in [-0.15, -0.1) is 0 Å². The molecule has 0 aliphatic heterocycles. The second kappa shape index (κ2) is 5.32. The Morgan fingerprint density at radius 3 is 2.53 bits per heavy atom. The molecule has 1 fully saturated rings. The first kappa shape index (κ1) is 10.7. The molecule has 15 heavy (non-hydrogen) atoms. The van der Waals surface area contributed by atoms with Gasteiger partial charge in [-0.25, -0.2) is 0 Å². The van der Waals surface area contributed by atoms with Crippen molar-refractivity contribution in [2.45, 2.75) is 45.1 Å². The Kier molecular flexibility index (Phi) is 3.79. The molecular weight excluding hydrogens is 182 g/mol. The molecule has 0 unspecified atom stereocenters. The lowest BCUT2D eigenvalue weighted by molar-refractivity contribution is 0.620. The maximum atomic E-state index is 3.55. The average Bonchev–Trinajstić information content (AvgIpc) is 3.04. The molecule has 2 rings (SSSR count). The van der Waals surface area contributed by atoms with Gasteiger partial charge in [0, 0.05) is 6.04 Å². The standard InChI is InChI=1S/C14H21N/c1-12-5-7-13(8-6-12)4-2-3-11-15-14-9-10-14/h5-8,14-15H,2-4,9-11H2,1H3. The normalized spacial score (nSPS) is 15.5. The highest BCUT2D eigenvalue weighted by Crippen LogP contribution is 2.18. The van der Waals surface area contributed by atoms with Crippen molar-refractivity contribution in [2.75, 3.05) is 6.54 Å². The van der Waals surface area contributed by atoms with Crippen molar-refractivity contribution in [3.63, 3.8) is 0 Å². The van der Waals surface area contributed by atoms with Crippen LogP contribution in [0.5, 0.6) is 0 Å². The summed E-state index contributed by atoms with van der Waals surface area (Å²) >= 11 is 0. The van der Waals surface area contributed by atoms with Gasteiger partial charge in [0.1, 0.15) is 0 Å². The SMILES string of the molecule is Cc1ccc(CCCCNC2CC2)cc1. The first-order valence-electron chi connectivity index (χ1n) is 6.13. The highest BCUT2D eigenvalue weighted by Gasteiger charge is 2.19. The number of hydrogen-bond acceptors (Lipinski definition) is 1. The molecule has 0 atom stereocenters. The Hall–Kier alpha value is -0.820. The van der Waals surface area contributed by atoms with Crippen LogP contribution in [0.4, 0.5) is 0 Å². The van der Waals surface area contributed by atoms with E-state index in [0.717, 1.165) is 6.04 Å². The third-order valence-electron chi connectivity index (χ3n) is 3.02. The molecule has 1 nitrogen and oxygen atoms in total. The average molecular weight is 203 g/mol. The zero-order chi connectivity index (χ0) is 10.5. The van der Waals surface area contributed by atoms with Gasteiger partial charge in [-0.05, 0) is 51.1 Å². The van der Waals surface area contributed by atoms with E-state index in [9.17, 15) is 0 Å². The van der Waals surface area contributed by atoms with Crippen molar-refractivity contribution in [3.05, 3.63) is 35.4 Å². The monoisotopic (exact) mass is 203 g/mol. The van der Waals surface area contributed by atoms with Crippen molar-refractivity contribution in [1.29, 1.82) is 0 Å². The van der Waals surface area contributed by atoms with Crippen molar-refractivity contribution in [2.24, 2.45) is 0 Å². The van der Waals surface area contributed by atoms with Crippen molar-refractivity contribution in [3.8, 4) is 0 Å². The molecule has 1 aliphatic carbocycles. The Balaban J connectivity index is 1.58. The Morgan fingerprint density at radius 2 is 1.87 bits per heavy atom. The largest absolute Gasteiger partial charge is 0.314 e. The van der Waals surface area contributed by atoms with Crippen molar-refractivity contribution in [1.82, 2.24) is 5.32 Å². The minimum absolute atomic E-state index is 0.865. The van der Waals surface area contributed by atoms with Gasteiger partial charge in [-0.1, -0.05) is 29.8 Å². The zero-order valence-corrected chi connectivity index (χ0v) is 9.63. The Labute approximate surface area is 92.9 Å². The molecule has 0 saturated heterocycles. The number of benzene rings is 1. The molecule has 1 aromatic carbocycles. The topological polar surface area (TPSA) is 12.0 Å². The minimum atomic E-state index is 0.865. The summed E-state index contributed by atoms with van der Waals surface area (Å²) in [4.78, 5) is 0. The summed E-state index contributed by atoms with van der Waals surface area (Å²) in [6.45, 7) is 3.35. The quantitative estimate of drug-likeness (QED) is 0.701. The van der Waals surface area contributed by atoms with Crippen LogP contribution in [-0.2, 0) is 6.42 Å². The van der Waals surface area contributed by atoms with E-state index < -0.39 is 0 Å². The van der Waals surface area contributed by atoms with Gasteiger partial charge in [0.2, 0.25) is 0 Å². The lowest BCUT2D eigenvalue weighted by atomic mass is 10.1. The van der Waals surface area contributed by atoms with Gasteiger partial charge in [0.25, 0.3) is 0 Å². The molecule has 1 aliphatic rings. The molecule has 1 heteroatoms. The maximum Gasteiger partial charge on any atom is 0.00682 e. The molecule has 0 aromatic heterocycles. The molecule has 0 amide bonds. The zero-order valence-electron chi connectivity index (χ0n) is 9.63. The number of hydrogen-bond donors (Lipinski definition) is 1. The Morgan fingerprint density at radius 1 is 1.13 bits per heavy atom. The van der Waals surface area contributed by atoms with Gasteiger partial charge < -0.3 is 5.32 Å². The lowest BCUT2D eigenvalue weighted by Gasteiger charge is -2.03. The van der Waals surface area contributed by atoms with Gasteiger partial charge in [0.15, 0.2) is 0 Å². The first-order chi connectivity index (χ1) is 7.34. The summed E-state index contributed by atoms with van der Waals surface area (Å²) in [5.41, 5.74) is 2.83. The van der Waals surface area contributed by atoms with Gasteiger partial charge in [-0.3, -0.25) is 0 Å². The van der Waals surface area contributed by atoms with Crippen LogP contribution >= 0.6 is 0 Å². The van der Waals surface area contributed by atoms with Gasteiger partial charge >= 0.3 is 0 Å². The summed E-state index contributed by atoms with van der Waals surface area (Å²) in [6.07, 6.45) is 6.65. The molecule has 1 N–H and O–H groups in total. The van der Waals surface area contributed by atoms with Crippen LogP contribution in [0.1, 0.15) is 36.8 Å². The highest BCUT2D eigenvalue weighted by molar-refractivity contribution is 5.21. The fourth-order valence-electron chi connectivity index (χ4n) is 1.80. The Bertz CT molecular complexity index is 285. The minimum Gasteiger partial charge on any atom is -0.314 e. The van der Waals surface area contributed by atoms with Crippen LogP contribution in [0.3, 0.4) is 0 Å². The number of rotatable bonds is 6. The molecule has 0 heterocycles. The predicted molar refractivity (Wildman–Crippen MR) is 65.1 cm³/mol. The second-order valence-corrected chi connectivity index (χ2v) is 4.67. The van der Waals surface area contributed by atoms with Crippen molar-refractivity contribution < 1.29 is 0 Å². The fourth-order valence-corrected chi connectivity index (χ4v) is 1.80. The van der Waals surface area contributed by atoms with Gasteiger partial charge in [-0.2, -0.15) is 0 Å². The van der Waals surface area contributed by atoms with E-state index in [1.807, 2.05) is 0 Å². The van der Waals surface area contributed by atoms with Crippen LogP contribution in [0.25, 0.3) is 0 Å². The third kappa shape index (κ3) is 4.05. The molecule has 0 spiro atoms. The molecule has 0 radical (unpaired) electrons. The number of nitrogens with one attached hydrogen (secondary N) is 1. The molecule has 0 bridgehead atoms. The smallest absolute Gasteiger partial charge is 0.00682 e. The molecular formula is C14H21N. The fraction of sp³-hybridized carbons (Fsp3) is 0.571. The molecule has 1 aromatic rings. The second-order valence-electron chi connectivity index (χ2n) is 4.67. The van der Waals surface area contributed by atoms with Gasteiger partial charge in [0.05, 0.1) is 0 Å². The van der Waals surface area contributed by atoms with Crippen LogP contribution in [0, 0.1) is 6.92 Å².